The van der Waals surface area contributed by atoms with E-state index in [-0.39, 0.29) is 12.3 Å². The Morgan fingerprint density at radius 1 is 1.32 bits per heavy atom. The first kappa shape index (κ1) is 12.9. The zero-order chi connectivity index (χ0) is 13.5. The van der Waals surface area contributed by atoms with Crippen molar-refractivity contribution in [3.8, 4) is 5.75 Å². The van der Waals surface area contributed by atoms with E-state index in [1.807, 2.05) is 0 Å². The Morgan fingerprint density at radius 2 is 2.11 bits per heavy atom. The van der Waals surface area contributed by atoms with Crippen LogP contribution in [0.15, 0.2) is 41.1 Å². The van der Waals surface area contributed by atoms with Crippen molar-refractivity contribution in [3.63, 3.8) is 0 Å². The number of nitrogens with one attached hydrogen (secondary N) is 1. The quantitative estimate of drug-likeness (QED) is 0.766. The topological polar surface area (TPSA) is 90.4 Å². The molecule has 0 radical (unpaired) electrons. The first-order chi connectivity index (χ1) is 9.24. The van der Waals surface area contributed by atoms with Gasteiger partial charge in [0.1, 0.15) is 17.7 Å². The molecule has 0 bridgehead atoms. The van der Waals surface area contributed by atoms with Crippen LogP contribution in [0.2, 0.25) is 0 Å². The summed E-state index contributed by atoms with van der Waals surface area (Å²) < 4.78 is 10.1. The minimum absolute atomic E-state index is 0.0987. The van der Waals surface area contributed by atoms with Crippen LogP contribution in [0.5, 0.6) is 5.75 Å². The second-order valence-corrected chi connectivity index (χ2v) is 3.94. The highest BCUT2D eigenvalue weighted by Gasteiger charge is 2.03. The third-order valence-corrected chi connectivity index (χ3v) is 2.44. The lowest BCUT2D eigenvalue weighted by Crippen LogP contribution is -2.24. The van der Waals surface area contributed by atoms with Gasteiger partial charge in [-0.2, -0.15) is 0 Å². The van der Waals surface area contributed by atoms with Gasteiger partial charge in [0.2, 0.25) is 5.91 Å². The third kappa shape index (κ3) is 4.34. The van der Waals surface area contributed by atoms with E-state index in [1.165, 1.54) is 6.26 Å². The van der Waals surface area contributed by atoms with Crippen molar-refractivity contribution in [3.05, 3.63) is 42.3 Å². The Balaban J connectivity index is 1.65. The molecule has 2 aromatic rings. The largest absolute Gasteiger partial charge is 0.493 e. The summed E-state index contributed by atoms with van der Waals surface area (Å²) in [5.41, 5.74) is 6.92. The molecule has 0 aliphatic rings. The summed E-state index contributed by atoms with van der Waals surface area (Å²) in [6.07, 6.45) is 1.74. The number of nitrogens with two attached hydrogens (primary N) is 1. The number of anilines is 1. The fourth-order valence-electron chi connectivity index (χ4n) is 1.43. The van der Waals surface area contributed by atoms with Crippen molar-refractivity contribution >= 4 is 11.6 Å². The molecule has 6 heteroatoms. The molecule has 0 fully saturated rings. The number of carbonyl (C=O) groups is 1. The zero-order valence-corrected chi connectivity index (χ0v) is 10.3. The molecule has 0 unspecified atom stereocenters. The van der Waals surface area contributed by atoms with Gasteiger partial charge in [-0.05, 0) is 24.3 Å². The molecule has 0 spiro atoms. The Hall–Kier alpha value is -2.50. The lowest BCUT2D eigenvalue weighted by atomic mass is 10.3. The van der Waals surface area contributed by atoms with Gasteiger partial charge in [0.15, 0.2) is 0 Å². The van der Waals surface area contributed by atoms with E-state index in [0.29, 0.717) is 30.3 Å². The number of carbonyl (C=O) groups excluding carboxylic acids is 1. The zero-order valence-electron chi connectivity index (χ0n) is 10.3. The Morgan fingerprint density at radius 3 is 2.79 bits per heavy atom. The molecule has 0 atom stereocenters. The molecule has 100 valence electrons. The van der Waals surface area contributed by atoms with Crippen molar-refractivity contribution < 1.29 is 14.1 Å². The van der Waals surface area contributed by atoms with Crippen LogP contribution in [0.3, 0.4) is 0 Å². The van der Waals surface area contributed by atoms with Gasteiger partial charge < -0.3 is 20.3 Å². The Labute approximate surface area is 110 Å². The Bertz CT molecular complexity index is 508. The number of rotatable bonds is 6. The first-order valence-corrected chi connectivity index (χ1v) is 5.88. The van der Waals surface area contributed by atoms with Crippen LogP contribution >= 0.6 is 0 Å². The molecule has 3 N–H and O–H groups in total. The van der Waals surface area contributed by atoms with Gasteiger partial charge in [-0.15, -0.1) is 0 Å². The van der Waals surface area contributed by atoms with Gasteiger partial charge in [-0.1, -0.05) is 5.16 Å². The number of nitrogen functional groups attached to an aromatic ring is 1. The second kappa shape index (κ2) is 6.44. The number of benzene rings is 1. The molecule has 1 aromatic heterocycles. The third-order valence-electron chi connectivity index (χ3n) is 2.44. The van der Waals surface area contributed by atoms with Gasteiger partial charge in [0, 0.05) is 11.8 Å². The number of ether oxygens (including phenoxy) is 1. The molecule has 19 heavy (non-hydrogen) atoms. The molecule has 0 aliphatic heterocycles. The maximum atomic E-state index is 11.5. The van der Waals surface area contributed by atoms with Crippen molar-refractivity contribution in [1.29, 1.82) is 0 Å². The maximum absolute atomic E-state index is 11.5. The molecule has 0 saturated heterocycles. The van der Waals surface area contributed by atoms with E-state index in [4.69, 9.17) is 10.5 Å². The van der Waals surface area contributed by atoms with E-state index in [9.17, 15) is 4.79 Å². The van der Waals surface area contributed by atoms with Gasteiger partial charge in [0.05, 0.1) is 19.6 Å². The highest BCUT2D eigenvalue weighted by molar-refractivity contribution is 5.75. The van der Waals surface area contributed by atoms with Crippen molar-refractivity contribution in [2.45, 2.75) is 13.0 Å². The van der Waals surface area contributed by atoms with Gasteiger partial charge >= 0.3 is 0 Å². The fraction of sp³-hybridized carbons (Fsp3) is 0.231. The van der Waals surface area contributed by atoms with Crippen LogP contribution in [-0.4, -0.2) is 17.7 Å². The van der Waals surface area contributed by atoms with Crippen LogP contribution in [0.1, 0.15) is 12.1 Å². The van der Waals surface area contributed by atoms with E-state index in [1.54, 1.807) is 30.3 Å². The molecule has 1 amide bonds. The summed E-state index contributed by atoms with van der Waals surface area (Å²) in [6.45, 7) is 0.672. The predicted molar refractivity (Wildman–Crippen MR) is 69.3 cm³/mol. The number of aromatic nitrogens is 1. The van der Waals surface area contributed by atoms with Gasteiger partial charge in [-0.3, -0.25) is 4.79 Å². The summed E-state index contributed by atoms with van der Waals surface area (Å²) >= 11 is 0. The Kier molecular flexibility index (Phi) is 4.39. The average Bonchev–Trinajstić information content (AvgIpc) is 2.92. The highest BCUT2D eigenvalue weighted by atomic mass is 16.5. The monoisotopic (exact) mass is 261 g/mol. The maximum Gasteiger partial charge on any atom is 0.223 e. The molecule has 1 heterocycles. The summed E-state index contributed by atoms with van der Waals surface area (Å²) in [7, 11) is 0. The summed E-state index contributed by atoms with van der Waals surface area (Å²) in [5.74, 6) is 0.594. The predicted octanol–water partition coefficient (Wildman–Crippen LogP) is 1.34. The minimum Gasteiger partial charge on any atom is -0.493 e. The van der Waals surface area contributed by atoms with Crippen LogP contribution < -0.4 is 15.8 Å². The fourth-order valence-corrected chi connectivity index (χ4v) is 1.43. The van der Waals surface area contributed by atoms with Crippen LogP contribution in [0, 0.1) is 0 Å². The molecule has 6 nitrogen and oxygen atoms in total. The second-order valence-electron chi connectivity index (χ2n) is 3.94. The SMILES string of the molecule is Nc1ccc(OCCC(=O)NCc2ccon2)cc1. The summed E-state index contributed by atoms with van der Waals surface area (Å²) in [4.78, 5) is 11.5. The van der Waals surface area contributed by atoms with E-state index in [0.717, 1.165) is 0 Å². The smallest absolute Gasteiger partial charge is 0.223 e. The van der Waals surface area contributed by atoms with Crippen LogP contribution in [0.4, 0.5) is 5.69 Å². The van der Waals surface area contributed by atoms with Crippen LogP contribution in [-0.2, 0) is 11.3 Å². The molecule has 0 aliphatic carbocycles. The highest BCUT2D eigenvalue weighted by Crippen LogP contribution is 2.13. The number of amides is 1. The van der Waals surface area contributed by atoms with Crippen molar-refractivity contribution in [2.24, 2.45) is 0 Å². The number of hydrogen-bond donors (Lipinski definition) is 2. The summed E-state index contributed by atoms with van der Waals surface area (Å²) in [6, 6.07) is 8.73. The number of nitrogens with zero attached hydrogens (tertiary/aromatic N) is 1. The number of hydrogen-bond acceptors (Lipinski definition) is 5. The lowest BCUT2D eigenvalue weighted by Gasteiger charge is -2.06. The molecular formula is C13H15N3O3. The summed E-state index contributed by atoms with van der Waals surface area (Å²) in [5, 5.41) is 6.41. The average molecular weight is 261 g/mol. The van der Waals surface area contributed by atoms with Gasteiger partial charge in [0.25, 0.3) is 0 Å². The normalized spacial score (nSPS) is 10.1. The lowest BCUT2D eigenvalue weighted by molar-refractivity contribution is -0.121. The van der Waals surface area contributed by atoms with Crippen molar-refractivity contribution in [1.82, 2.24) is 10.5 Å². The minimum atomic E-state index is -0.0987. The van der Waals surface area contributed by atoms with Gasteiger partial charge in [-0.25, -0.2) is 0 Å². The molecule has 0 saturated carbocycles. The molecule has 2 rings (SSSR count). The van der Waals surface area contributed by atoms with Crippen LogP contribution in [0.25, 0.3) is 0 Å². The van der Waals surface area contributed by atoms with E-state index >= 15 is 0 Å². The van der Waals surface area contributed by atoms with E-state index < -0.39 is 0 Å². The van der Waals surface area contributed by atoms with E-state index in [2.05, 4.69) is 15.0 Å². The standard InChI is InChI=1S/C13H15N3O3/c14-10-1-3-12(4-2-10)18-7-6-13(17)15-9-11-5-8-19-16-11/h1-5,8H,6-7,9,14H2,(H,15,17). The molecular weight excluding hydrogens is 246 g/mol. The van der Waals surface area contributed by atoms with Crippen molar-refractivity contribution in [2.75, 3.05) is 12.3 Å². The molecule has 1 aromatic carbocycles. The first-order valence-electron chi connectivity index (χ1n) is 5.88.